The van der Waals surface area contributed by atoms with E-state index in [9.17, 15) is 8.42 Å². The minimum Gasteiger partial charge on any atom is -0.418 e. The summed E-state index contributed by atoms with van der Waals surface area (Å²) >= 11 is 0. The zero-order valence-electron chi connectivity index (χ0n) is 16.8. The van der Waals surface area contributed by atoms with Crippen molar-refractivity contribution in [3.63, 3.8) is 0 Å². The number of hydrogen-bond acceptors (Lipinski definition) is 7. The van der Waals surface area contributed by atoms with Gasteiger partial charge >= 0.3 is 0 Å². The molecule has 3 aromatic rings. The molecule has 0 radical (unpaired) electrons. The summed E-state index contributed by atoms with van der Waals surface area (Å²) in [6.07, 6.45) is 4.50. The number of benzene rings is 2. The summed E-state index contributed by atoms with van der Waals surface area (Å²) in [6.45, 7) is 3.40. The van der Waals surface area contributed by atoms with Crippen LogP contribution < -0.4 is 10.3 Å². The fourth-order valence-corrected chi connectivity index (χ4v) is 4.67. The van der Waals surface area contributed by atoms with E-state index in [-0.39, 0.29) is 21.7 Å². The standard InChI is InChI=1S/C22H24N4O3S/c1-17-10-12-19(13-11-17)30(27,28)21-22(26-14-6-3-7-15-26)29-20(24-21)16-23-25-18-8-4-2-5-9-18/h2,4-5,8-13,16,25H,3,6-7,14-15H2,1H3/b23-16-. The maximum absolute atomic E-state index is 13.3. The highest BCUT2D eigenvalue weighted by Gasteiger charge is 2.31. The number of sulfone groups is 1. The maximum Gasteiger partial charge on any atom is 0.243 e. The maximum atomic E-state index is 13.3. The summed E-state index contributed by atoms with van der Waals surface area (Å²) in [5.74, 6) is 0.432. The van der Waals surface area contributed by atoms with Crippen molar-refractivity contribution in [2.45, 2.75) is 36.1 Å². The van der Waals surface area contributed by atoms with E-state index in [1.54, 1.807) is 24.3 Å². The van der Waals surface area contributed by atoms with Gasteiger partial charge in [0.2, 0.25) is 26.6 Å². The van der Waals surface area contributed by atoms with Crippen molar-refractivity contribution in [2.24, 2.45) is 5.10 Å². The topological polar surface area (TPSA) is 87.8 Å². The second kappa shape index (κ2) is 8.71. The van der Waals surface area contributed by atoms with Crippen LogP contribution in [-0.2, 0) is 9.84 Å². The number of anilines is 2. The SMILES string of the molecule is Cc1ccc(S(=O)(=O)c2nc(/C=N\Nc3ccccc3)oc2N2CCCCC2)cc1. The van der Waals surface area contributed by atoms with Crippen LogP contribution in [0, 0.1) is 6.92 Å². The molecule has 0 atom stereocenters. The van der Waals surface area contributed by atoms with E-state index in [0.717, 1.165) is 43.6 Å². The lowest BCUT2D eigenvalue weighted by Crippen LogP contribution is -2.30. The van der Waals surface area contributed by atoms with E-state index in [0.29, 0.717) is 0 Å². The van der Waals surface area contributed by atoms with Crippen molar-refractivity contribution >= 4 is 27.6 Å². The van der Waals surface area contributed by atoms with Crippen LogP contribution in [0.3, 0.4) is 0 Å². The summed E-state index contributed by atoms with van der Waals surface area (Å²) < 4.78 is 32.5. The molecule has 1 aromatic heterocycles. The van der Waals surface area contributed by atoms with Crippen LogP contribution in [0.25, 0.3) is 0 Å². The molecule has 1 saturated heterocycles. The first kappa shape index (κ1) is 20.2. The number of nitrogens with one attached hydrogen (secondary N) is 1. The van der Waals surface area contributed by atoms with Crippen molar-refractivity contribution < 1.29 is 12.8 Å². The Morgan fingerprint density at radius 2 is 1.73 bits per heavy atom. The fourth-order valence-electron chi connectivity index (χ4n) is 3.34. The van der Waals surface area contributed by atoms with E-state index < -0.39 is 9.84 Å². The van der Waals surface area contributed by atoms with Crippen molar-refractivity contribution in [2.75, 3.05) is 23.4 Å². The van der Waals surface area contributed by atoms with E-state index in [1.165, 1.54) is 6.21 Å². The lowest BCUT2D eigenvalue weighted by Gasteiger charge is -2.26. The summed E-state index contributed by atoms with van der Waals surface area (Å²) in [5.41, 5.74) is 4.68. The molecule has 2 aromatic carbocycles. The minimum absolute atomic E-state index is 0.0607. The number of para-hydroxylation sites is 1. The lowest BCUT2D eigenvalue weighted by atomic mass is 10.1. The predicted octanol–water partition coefficient (Wildman–Crippen LogP) is 4.25. The Hall–Kier alpha value is -3.13. The van der Waals surface area contributed by atoms with E-state index in [1.807, 2.05) is 42.2 Å². The van der Waals surface area contributed by atoms with E-state index >= 15 is 0 Å². The molecule has 0 unspecified atom stereocenters. The number of aryl methyl sites for hydroxylation is 1. The van der Waals surface area contributed by atoms with Crippen molar-refractivity contribution in [1.82, 2.24) is 4.98 Å². The van der Waals surface area contributed by atoms with Gasteiger partial charge in [0.1, 0.15) is 6.21 Å². The normalized spacial score (nSPS) is 14.9. The van der Waals surface area contributed by atoms with Gasteiger partial charge in [-0.25, -0.2) is 8.42 Å². The summed E-state index contributed by atoms with van der Waals surface area (Å²) in [6, 6.07) is 16.2. The molecule has 0 aliphatic carbocycles. The van der Waals surface area contributed by atoms with Crippen LogP contribution >= 0.6 is 0 Å². The summed E-state index contributed by atoms with van der Waals surface area (Å²) in [7, 11) is -3.82. The van der Waals surface area contributed by atoms with Crippen LogP contribution in [0.15, 0.2) is 74.0 Å². The molecule has 0 spiro atoms. The van der Waals surface area contributed by atoms with Gasteiger partial charge in [0, 0.05) is 13.1 Å². The lowest BCUT2D eigenvalue weighted by molar-refractivity contribution is 0.489. The summed E-state index contributed by atoms with van der Waals surface area (Å²) in [5, 5.41) is 4.07. The summed E-state index contributed by atoms with van der Waals surface area (Å²) in [4.78, 5) is 6.46. The molecule has 1 aliphatic heterocycles. The van der Waals surface area contributed by atoms with Gasteiger partial charge in [0.25, 0.3) is 0 Å². The molecule has 1 aliphatic rings. The molecule has 8 heteroatoms. The molecule has 1 N–H and O–H groups in total. The fraction of sp³-hybridized carbons (Fsp3) is 0.273. The molecule has 0 saturated carbocycles. The second-order valence-corrected chi connectivity index (χ2v) is 9.13. The van der Waals surface area contributed by atoms with Gasteiger partial charge in [-0.2, -0.15) is 10.1 Å². The quantitative estimate of drug-likeness (QED) is 0.470. The van der Waals surface area contributed by atoms with Gasteiger partial charge in [-0.1, -0.05) is 35.9 Å². The molecule has 0 bridgehead atoms. The number of oxazole rings is 1. The van der Waals surface area contributed by atoms with Gasteiger partial charge in [-0.3, -0.25) is 5.43 Å². The number of nitrogens with zero attached hydrogens (tertiary/aromatic N) is 3. The highest BCUT2D eigenvalue weighted by atomic mass is 32.2. The largest absolute Gasteiger partial charge is 0.418 e. The smallest absolute Gasteiger partial charge is 0.243 e. The molecule has 0 amide bonds. The predicted molar refractivity (Wildman–Crippen MR) is 117 cm³/mol. The number of aromatic nitrogens is 1. The van der Waals surface area contributed by atoms with E-state index in [4.69, 9.17) is 4.42 Å². The van der Waals surface area contributed by atoms with Crippen LogP contribution in [0.2, 0.25) is 0 Å². The Bertz CT molecular complexity index is 1120. The average molecular weight is 425 g/mol. The molecular weight excluding hydrogens is 400 g/mol. The highest BCUT2D eigenvalue weighted by Crippen LogP contribution is 2.32. The molecule has 2 heterocycles. The molecule has 4 rings (SSSR count). The number of piperidine rings is 1. The zero-order chi connectivity index (χ0) is 21.0. The Morgan fingerprint density at radius 1 is 1.03 bits per heavy atom. The van der Waals surface area contributed by atoms with Gasteiger partial charge in [-0.05, 0) is 50.5 Å². The first-order chi connectivity index (χ1) is 14.5. The molecular formula is C22H24N4O3S. The highest BCUT2D eigenvalue weighted by molar-refractivity contribution is 7.91. The second-order valence-electron chi connectivity index (χ2n) is 7.26. The first-order valence-electron chi connectivity index (χ1n) is 9.96. The number of hydrogen-bond donors (Lipinski definition) is 1. The van der Waals surface area contributed by atoms with Crippen LogP contribution in [-0.4, -0.2) is 32.7 Å². The average Bonchev–Trinajstić information content (AvgIpc) is 3.21. The van der Waals surface area contributed by atoms with Crippen molar-refractivity contribution in [3.05, 3.63) is 66.1 Å². The van der Waals surface area contributed by atoms with Gasteiger partial charge < -0.3 is 9.32 Å². The van der Waals surface area contributed by atoms with Crippen LogP contribution in [0.5, 0.6) is 0 Å². The molecule has 1 fully saturated rings. The third-order valence-corrected chi connectivity index (χ3v) is 6.64. The number of hydrazone groups is 1. The Labute approximate surface area is 176 Å². The van der Waals surface area contributed by atoms with Crippen LogP contribution in [0.1, 0.15) is 30.7 Å². The van der Waals surface area contributed by atoms with Gasteiger partial charge in [0.15, 0.2) is 0 Å². The number of rotatable bonds is 6. The molecule has 7 nitrogen and oxygen atoms in total. The zero-order valence-corrected chi connectivity index (χ0v) is 17.6. The third-order valence-electron chi connectivity index (χ3n) is 4.97. The van der Waals surface area contributed by atoms with Gasteiger partial charge in [-0.15, -0.1) is 0 Å². The minimum atomic E-state index is -3.82. The Balaban J connectivity index is 1.68. The van der Waals surface area contributed by atoms with Crippen molar-refractivity contribution in [1.29, 1.82) is 0 Å². The van der Waals surface area contributed by atoms with Crippen molar-refractivity contribution in [3.8, 4) is 0 Å². The monoisotopic (exact) mass is 424 g/mol. The molecule has 156 valence electrons. The van der Waals surface area contributed by atoms with E-state index in [2.05, 4.69) is 15.5 Å². The van der Waals surface area contributed by atoms with Crippen LogP contribution in [0.4, 0.5) is 11.6 Å². The Morgan fingerprint density at radius 3 is 2.43 bits per heavy atom. The Kier molecular flexibility index (Phi) is 5.85. The van der Waals surface area contributed by atoms with Gasteiger partial charge in [0.05, 0.1) is 10.6 Å². The third kappa shape index (κ3) is 4.38. The first-order valence-corrected chi connectivity index (χ1v) is 11.4. The molecule has 30 heavy (non-hydrogen) atoms.